The Balaban J connectivity index is 1.85. The van der Waals surface area contributed by atoms with Crippen molar-refractivity contribution in [2.45, 2.75) is 13.5 Å². The number of aromatic nitrogens is 5. The molecule has 0 saturated carbocycles. The van der Waals surface area contributed by atoms with Crippen LogP contribution in [0.15, 0.2) is 42.9 Å². The van der Waals surface area contributed by atoms with Crippen LogP contribution in [0, 0.1) is 6.92 Å². The van der Waals surface area contributed by atoms with E-state index in [1.54, 1.807) is 18.6 Å². The van der Waals surface area contributed by atoms with Gasteiger partial charge in [-0.2, -0.15) is 0 Å². The van der Waals surface area contributed by atoms with Crippen LogP contribution in [-0.2, 0) is 6.54 Å². The maximum absolute atomic E-state index is 6.26. The highest BCUT2D eigenvalue weighted by Gasteiger charge is 2.21. The van der Waals surface area contributed by atoms with E-state index < -0.39 is 0 Å². The molecule has 2 N–H and O–H groups in total. The zero-order valence-corrected chi connectivity index (χ0v) is 15.3. The Kier molecular flexibility index (Phi) is 4.22. The van der Waals surface area contributed by atoms with Gasteiger partial charge in [-0.3, -0.25) is 0 Å². The summed E-state index contributed by atoms with van der Waals surface area (Å²) in [4.78, 5) is 17.6. The lowest BCUT2D eigenvalue weighted by molar-refractivity contribution is 0.760. The van der Waals surface area contributed by atoms with E-state index in [1.165, 1.54) is 0 Å². The zero-order chi connectivity index (χ0) is 18.3. The lowest BCUT2D eigenvalue weighted by Gasteiger charge is -2.12. The number of aryl methyl sites for hydroxylation is 1. The molecule has 0 unspecified atom stereocenters. The summed E-state index contributed by atoms with van der Waals surface area (Å²) >= 11 is 12.5. The minimum atomic E-state index is 0.326. The quantitative estimate of drug-likeness (QED) is 0.537. The molecular weight excluding hydrogens is 371 g/mol. The SMILES string of the molecule is Cc1ccccc1-c1nc2c(N)ncn(Cc3c(Cl)ccnc3Cl)c-2n1. The van der Waals surface area contributed by atoms with Gasteiger partial charge in [0.25, 0.3) is 0 Å². The van der Waals surface area contributed by atoms with Crippen molar-refractivity contribution in [1.82, 2.24) is 24.5 Å². The highest BCUT2D eigenvalue weighted by atomic mass is 35.5. The molecule has 2 aliphatic rings. The second kappa shape index (κ2) is 6.55. The fraction of sp³-hybridized carbons (Fsp3) is 0.111. The minimum absolute atomic E-state index is 0.326. The van der Waals surface area contributed by atoms with Crippen LogP contribution in [0.25, 0.3) is 22.9 Å². The van der Waals surface area contributed by atoms with Gasteiger partial charge in [-0.05, 0) is 18.6 Å². The number of fused-ring (bicyclic) bond motifs is 1. The summed E-state index contributed by atoms with van der Waals surface area (Å²) in [6, 6.07) is 9.62. The molecule has 2 aromatic rings. The Hall–Kier alpha value is -2.70. The number of pyridine rings is 1. The lowest BCUT2D eigenvalue weighted by Crippen LogP contribution is -2.10. The van der Waals surface area contributed by atoms with Crippen molar-refractivity contribution in [2.75, 3.05) is 5.73 Å². The van der Waals surface area contributed by atoms with Gasteiger partial charge in [-0.25, -0.2) is 19.9 Å². The van der Waals surface area contributed by atoms with Crippen molar-refractivity contribution in [3.05, 3.63) is 64.2 Å². The Morgan fingerprint density at radius 3 is 2.65 bits per heavy atom. The maximum atomic E-state index is 6.26. The molecular formula is C18H14Cl2N6. The standard InChI is InChI=1S/C18H14Cl2N6/c1-10-4-2-3-5-11(10)17-24-14-16(21)23-9-26(18(14)25-17)8-12-13(19)6-7-22-15(12)20/h2-7,9H,8,21H2,1H3. The highest BCUT2D eigenvalue weighted by molar-refractivity contribution is 6.35. The van der Waals surface area contributed by atoms with Crippen LogP contribution in [-0.4, -0.2) is 24.5 Å². The minimum Gasteiger partial charge on any atom is -0.382 e. The first-order valence-corrected chi connectivity index (χ1v) is 8.63. The van der Waals surface area contributed by atoms with E-state index in [9.17, 15) is 0 Å². The van der Waals surface area contributed by atoms with Crippen LogP contribution in [0.5, 0.6) is 0 Å². The molecule has 0 atom stereocenters. The Labute approximate surface area is 160 Å². The predicted molar refractivity (Wildman–Crippen MR) is 102 cm³/mol. The normalized spacial score (nSPS) is 11.2. The van der Waals surface area contributed by atoms with Gasteiger partial charge in [0.05, 0.1) is 17.9 Å². The van der Waals surface area contributed by atoms with E-state index in [4.69, 9.17) is 28.9 Å². The number of nitrogen functional groups attached to an aromatic ring is 1. The largest absolute Gasteiger partial charge is 0.382 e. The van der Waals surface area contributed by atoms with Crippen molar-refractivity contribution < 1.29 is 0 Å². The van der Waals surface area contributed by atoms with Crippen molar-refractivity contribution in [1.29, 1.82) is 0 Å². The first-order valence-electron chi connectivity index (χ1n) is 7.88. The zero-order valence-electron chi connectivity index (χ0n) is 13.8. The molecule has 0 radical (unpaired) electrons. The van der Waals surface area contributed by atoms with Crippen LogP contribution in [0.3, 0.4) is 0 Å². The molecule has 4 rings (SSSR count). The molecule has 8 heteroatoms. The Morgan fingerprint density at radius 2 is 1.88 bits per heavy atom. The number of imidazole rings is 1. The van der Waals surface area contributed by atoms with Crippen molar-refractivity contribution in [3.8, 4) is 22.9 Å². The molecule has 0 amide bonds. The maximum Gasteiger partial charge on any atom is 0.166 e. The number of nitrogens with two attached hydrogens (primary N) is 1. The summed E-state index contributed by atoms with van der Waals surface area (Å²) in [6.45, 7) is 2.38. The predicted octanol–water partition coefficient (Wildman–Crippen LogP) is 4.09. The molecule has 130 valence electrons. The van der Waals surface area contributed by atoms with E-state index in [0.717, 1.165) is 11.1 Å². The topological polar surface area (TPSA) is 82.5 Å². The first kappa shape index (κ1) is 16.8. The summed E-state index contributed by atoms with van der Waals surface area (Å²) in [6.07, 6.45) is 3.17. The Bertz CT molecular complexity index is 1050. The van der Waals surface area contributed by atoms with Crippen LogP contribution in [0.1, 0.15) is 11.1 Å². The first-order chi connectivity index (χ1) is 12.5. The van der Waals surface area contributed by atoms with Gasteiger partial charge in [-0.1, -0.05) is 47.5 Å². The van der Waals surface area contributed by atoms with Crippen molar-refractivity contribution in [3.63, 3.8) is 0 Å². The third-order valence-electron chi connectivity index (χ3n) is 4.15. The van der Waals surface area contributed by atoms with Gasteiger partial charge in [-0.15, -0.1) is 0 Å². The van der Waals surface area contributed by atoms with Crippen LogP contribution in [0.4, 0.5) is 5.82 Å². The van der Waals surface area contributed by atoms with Gasteiger partial charge in [0.2, 0.25) is 0 Å². The average Bonchev–Trinajstić information content (AvgIpc) is 3.07. The fourth-order valence-electron chi connectivity index (χ4n) is 2.77. The number of hydrogen-bond acceptors (Lipinski definition) is 5. The Morgan fingerprint density at radius 1 is 1.08 bits per heavy atom. The lowest BCUT2D eigenvalue weighted by atomic mass is 10.1. The number of nitrogens with zero attached hydrogens (tertiary/aromatic N) is 5. The van der Waals surface area contributed by atoms with Gasteiger partial charge in [0.15, 0.2) is 23.2 Å². The molecule has 2 aliphatic heterocycles. The number of rotatable bonds is 3. The fourth-order valence-corrected chi connectivity index (χ4v) is 3.24. The molecule has 0 saturated heterocycles. The second-order valence-corrected chi connectivity index (χ2v) is 6.62. The van der Waals surface area contributed by atoms with Gasteiger partial charge < -0.3 is 10.3 Å². The van der Waals surface area contributed by atoms with Crippen molar-refractivity contribution in [2.24, 2.45) is 0 Å². The van der Waals surface area contributed by atoms with E-state index in [1.807, 2.05) is 35.8 Å². The van der Waals surface area contributed by atoms with Gasteiger partial charge in [0, 0.05) is 17.3 Å². The average molecular weight is 385 g/mol. The third-order valence-corrected chi connectivity index (χ3v) is 4.83. The third kappa shape index (κ3) is 2.87. The van der Waals surface area contributed by atoms with Crippen LogP contribution < -0.4 is 5.73 Å². The summed E-state index contributed by atoms with van der Waals surface area (Å²) in [7, 11) is 0. The summed E-state index contributed by atoms with van der Waals surface area (Å²) in [5.41, 5.74) is 9.28. The number of halogens is 2. The molecule has 3 heterocycles. The molecule has 6 nitrogen and oxygen atoms in total. The molecule has 1 aromatic carbocycles. The molecule has 0 spiro atoms. The van der Waals surface area contributed by atoms with Crippen LogP contribution in [0.2, 0.25) is 10.2 Å². The summed E-state index contributed by atoms with van der Waals surface area (Å²) in [5, 5.41) is 0.870. The number of hydrogen-bond donors (Lipinski definition) is 1. The number of benzene rings is 1. The molecule has 1 aromatic heterocycles. The van der Waals surface area contributed by atoms with Gasteiger partial charge in [0.1, 0.15) is 5.15 Å². The van der Waals surface area contributed by atoms with E-state index in [-0.39, 0.29) is 0 Å². The summed E-state index contributed by atoms with van der Waals surface area (Å²) < 4.78 is 1.81. The summed E-state index contributed by atoms with van der Waals surface area (Å²) in [5.74, 6) is 1.55. The molecule has 26 heavy (non-hydrogen) atoms. The van der Waals surface area contributed by atoms with Crippen LogP contribution >= 0.6 is 23.2 Å². The smallest absolute Gasteiger partial charge is 0.166 e. The van der Waals surface area contributed by atoms with Gasteiger partial charge >= 0.3 is 0 Å². The van der Waals surface area contributed by atoms with E-state index in [2.05, 4.69) is 19.9 Å². The molecule has 0 bridgehead atoms. The molecule has 0 aliphatic carbocycles. The van der Waals surface area contributed by atoms with Crippen molar-refractivity contribution >= 4 is 29.0 Å². The second-order valence-electron chi connectivity index (χ2n) is 5.85. The molecule has 0 fully saturated rings. The highest BCUT2D eigenvalue weighted by Crippen LogP contribution is 2.31. The monoisotopic (exact) mass is 384 g/mol. The van der Waals surface area contributed by atoms with E-state index >= 15 is 0 Å². The van der Waals surface area contributed by atoms with E-state index in [0.29, 0.717) is 45.4 Å². The number of anilines is 1.